The smallest absolute Gasteiger partial charge is 0.265 e. The maximum Gasteiger partial charge on any atom is 0.265 e. The number of fused-ring (bicyclic) bond motifs is 1. The van der Waals surface area contributed by atoms with Crippen LogP contribution in [0.5, 0.6) is 0 Å². The van der Waals surface area contributed by atoms with E-state index in [4.69, 9.17) is 10.8 Å². The molecule has 200 valence electrons. The van der Waals surface area contributed by atoms with Gasteiger partial charge in [-0.1, -0.05) is 19.9 Å². The van der Waals surface area contributed by atoms with Crippen LogP contribution in [-0.4, -0.2) is 50.9 Å². The van der Waals surface area contributed by atoms with Crippen molar-refractivity contribution in [2.45, 2.75) is 45.1 Å². The molecule has 9 nitrogen and oxygen atoms in total. The van der Waals surface area contributed by atoms with Gasteiger partial charge in [0.15, 0.2) is 0 Å². The van der Waals surface area contributed by atoms with Crippen molar-refractivity contribution >= 4 is 29.7 Å². The number of nitrogens with two attached hydrogens (primary N) is 1. The molecule has 4 heterocycles. The minimum Gasteiger partial charge on any atom is -0.330 e. The van der Waals surface area contributed by atoms with Crippen LogP contribution in [0.25, 0.3) is 0 Å². The number of aliphatic imine (C=N–C) groups is 2. The topological polar surface area (TPSA) is 113 Å². The number of quaternary nitrogens is 1. The number of nitrogens with one attached hydrogen (secondary N) is 1. The van der Waals surface area contributed by atoms with Crippen LogP contribution in [0.15, 0.2) is 83.0 Å². The van der Waals surface area contributed by atoms with Crippen LogP contribution in [0.4, 0.5) is 10.2 Å². The monoisotopic (exact) mass is 528 g/mol. The molecule has 1 fully saturated rings. The Balaban J connectivity index is 1.57. The number of allylic oxidation sites excluding steroid dienone is 1. The standard InChI is InChI=1S/C29H30FN7O2/c1-3-7-19-11-12-33-25(16-19)34-29(39)21-10-9-20(30)17-22(21)28-35-27(24-18-32-13-15-37(24,28)31)23-8-5-6-14-36(23)26(38)4-2/h4,9-13,15-18,23H,2-3,5-8,14,31H2,1H3/p+1. The molecule has 0 spiro atoms. The molecule has 2 aromatic rings. The van der Waals surface area contributed by atoms with Crippen molar-refractivity contribution in [3.63, 3.8) is 0 Å². The maximum absolute atomic E-state index is 14.7. The second-order valence-corrected chi connectivity index (χ2v) is 9.75. The van der Waals surface area contributed by atoms with E-state index >= 15 is 0 Å². The summed E-state index contributed by atoms with van der Waals surface area (Å²) in [5.74, 6) is 6.36. The number of carbonyl (C=O) groups is 2. The van der Waals surface area contributed by atoms with Gasteiger partial charge in [-0.3, -0.25) is 14.6 Å². The number of hydrogen-bond donors (Lipinski definition) is 2. The van der Waals surface area contributed by atoms with Gasteiger partial charge in [0.2, 0.25) is 11.6 Å². The Morgan fingerprint density at radius 3 is 2.92 bits per heavy atom. The van der Waals surface area contributed by atoms with Gasteiger partial charge < -0.3 is 10.2 Å². The number of anilines is 1. The fourth-order valence-electron chi connectivity index (χ4n) is 5.30. The van der Waals surface area contributed by atoms with Gasteiger partial charge in [0.05, 0.1) is 29.6 Å². The van der Waals surface area contributed by atoms with Gasteiger partial charge in [-0.05, 0) is 67.7 Å². The number of amidine groups is 1. The molecule has 3 aliphatic heterocycles. The van der Waals surface area contributed by atoms with Crippen molar-refractivity contribution < 1.29 is 18.6 Å². The van der Waals surface area contributed by atoms with E-state index in [1.54, 1.807) is 23.5 Å². The first-order chi connectivity index (χ1) is 18.9. The quantitative estimate of drug-likeness (QED) is 0.318. The summed E-state index contributed by atoms with van der Waals surface area (Å²) in [6.45, 7) is 6.28. The number of pyridine rings is 1. The largest absolute Gasteiger partial charge is 0.330 e. The van der Waals surface area contributed by atoms with Gasteiger partial charge in [0, 0.05) is 12.7 Å². The molecule has 3 aliphatic rings. The predicted octanol–water partition coefficient (Wildman–Crippen LogP) is 4.21. The van der Waals surface area contributed by atoms with Gasteiger partial charge in [-0.15, -0.1) is 4.59 Å². The molecule has 0 saturated carbocycles. The first kappa shape index (κ1) is 26.3. The molecule has 2 amide bonds. The van der Waals surface area contributed by atoms with Crippen molar-refractivity contribution in [1.29, 1.82) is 0 Å². The molecule has 3 N–H and O–H groups in total. The van der Waals surface area contributed by atoms with Crippen LogP contribution in [-0.2, 0) is 11.2 Å². The van der Waals surface area contributed by atoms with Crippen molar-refractivity contribution in [1.82, 2.24) is 9.88 Å². The highest BCUT2D eigenvalue weighted by atomic mass is 19.1. The van der Waals surface area contributed by atoms with Gasteiger partial charge in [-0.2, -0.15) is 10.8 Å². The number of carbonyl (C=O) groups excluding carboxylic acids is 2. The summed E-state index contributed by atoms with van der Waals surface area (Å²) in [6, 6.07) is 7.28. The molecule has 0 aliphatic carbocycles. The fraction of sp³-hybridized carbons (Fsp3) is 0.276. The van der Waals surface area contributed by atoms with Crippen molar-refractivity contribution in [2.75, 3.05) is 11.9 Å². The zero-order valence-corrected chi connectivity index (χ0v) is 21.8. The number of piperidine rings is 1. The lowest BCUT2D eigenvalue weighted by molar-refractivity contribution is -0.750. The Labute approximate surface area is 226 Å². The van der Waals surface area contributed by atoms with Crippen LogP contribution >= 0.6 is 0 Å². The van der Waals surface area contributed by atoms with E-state index in [9.17, 15) is 14.0 Å². The first-order valence-corrected chi connectivity index (χ1v) is 13.1. The molecule has 10 heteroatoms. The van der Waals surface area contributed by atoms with E-state index in [-0.39, 0.29) is 28.9 Å². The summed E-state index contributed by atoms with van der Waals surface area (Å²) < 4.78 is 14.3. The number of amides is 2. The van der Waals surface area contributed by atoms with Crippen molar-refractivity contribution in [3.8, 4) is 0 Å². The van der Waals surface area contributed by atoms with E-state index in [2.05, 4.69) is 28.8 Å². The third kappa shape index (κ3) is 4.96. The zero-order valence-electron chi connectivity index (χ0n) is 21.8. The lowest BCUT2D eigenvalue weighted by Gasteiger charge is -2.35. The molecule has 1 aromatic carbocycles. The van der Waals surface area contributed by atoms with Crippen molar-refractivity contribution in [2.24, 2.45) is 15.8 Å². The van der Waals surface area contributed by atoms with Gasteiger partial charge in [-0.25, -0.2) is 9.37 Å². The summed E-state index contributed by atoms with van der Waals surface area (Å²) in [4.78, 5) is 41.4. The van der Waals surface area contributed by atoms with Gasteiger partial charge in [0.25, 0.3) is 11.7 Å². The van der Waals surface area contributed by atoms with E-state index < -0.39 is 16.3 Å². The Kier molecular flexibility index (Phi) is 7.32. The van der Waals surface area contributed by atoms with E-state index in [0.717, 1.165) is 31.2 Å². The Morgan fingerprint density at radius 1 is 1.28 bits per heavy atom. The number of aromatic nitrogens is 1. The number of hydrogen-bond acceptors (Lipinski definition) is 6. The van der Waals surface area contributed by atoms with Crippen LogP contribution in [0, 0.1) is 5.82 Å². The number of likely N-dealkylation sites (tertiary alicyclic amines) is 1. The van der Waals surface area contributed by atoms with Crippen LogP contribution < -0.4 is 11.2 Å². The van der Waals surface area contributed by atoms with Crippen LogP contribution in [0.1, 0.15) is 54.1 Å². The van der Waals surface area contributed by atoms with Gasteiger partial charge in [0.1, 0.15) is 23.5 Å². The molecular formula is C29H31FN7O2+. The average Bonchev–Trinajstić information content (AvgIpc) is 3.25. The second-order valence-electron chi connectivity index (χ2n) is 9.75. The lowest BCUT2D eigenvalue weighted by atomic mass is 9.98. The van der Waals surface area contributed by atoms with Crippen molar-refractivity contribution in [3.05, 3.63) is 95.5 Å². The fourth-order valence-corrected chi connectivity index (χ4v) is 5.30. The number of nitrogens with zero attached hydrogens (tertiary/aromatic N) is 5. The molecular weight excluding hydrogens is 497 g/mol. The Morgan fingerprint density at radius 2 is 2.13 bits per heavy atom. The summed E-state index contributed by atoms with van der Waals surface area (Å²) in [7, 11) is 0. The van der Waals surface area contributed by atoms with E-state index in [1.165, 1.54) is 30.5 Å². The highest BCUT2D eigenvalue weighted by molar-refractivity contribution is 6.13. The third-order valence-electron chi connectivity index (χ3n) is 7.17. The van der Waals surface area contributed by atoms with Crippen LogP contribution in [0.2, 0.25) is 0 Å². The Hall–Kier alpha value is -4.28. The second kappa shape index (κ2) is 10.8. The molecule has 1 saturated heterocycles. The number of rotatable bonds is 7. The zero-order chi connectivity index (χ0) is 27.6. The highest BCUT2D eigenvalue weighted by Crippen LogP contribution is 2.37. The minimum absolute atomic E-state index is 0.194. The minimum atomic E-state index is -0.537. The number of aryl methyl sites for hydroxylation is 1. The van der Waals surface area contributed by atoms with E-state index in [0.29, 0.717) is 30.2 Å². The first-order valence-electron chi connectivity index (χ1n) is 13.1. The normalized spacial score (nSPS) is 22.0. The maximum atomic E-state index is 14.7. The molecule has 1 aromatic heterocycles. The average molecular weight is 529 g/mol. The number of halogens is 1. The summed E-state index contributed by atoms with van der Waals surface area (Å²) in [6.07, 6.45) is 12.0. The molecule has 39 heavy (non-hydrogen) atoms. The molecule has 2 atom stereocenters. The summed E-state index contributed by atoms with van der Waals surface area (Å²) >= 11 is 0. The Bertz CT molecular complexity index is 1460. The predicted molar refractivity (Wildman–Crippen MR) is 148 cm³/mol. The van der Waals surface area contributed by atoms with Crippen LogP contribution in [0.3, 0.4) is 0 Å². The summed E-state index contributed by atoms with van der Waals surface area (Å²) in [5.41, 5.74) is 2.62. The van der Waals surface area contributed by atoms with E-state index in [1.807, 2.05) is 12.1 Å². The third-order valence-corrected chi connectivity index (χ3v) is 7.17. The van der Waals surface area contributed by atoms with Gasteiger partial charge >= 0.3 is 0 Å². The molecule has 5 rings (SSSR count). The molecule has 2 unspecified atom stereocenters. The lowest BCUT2D eigenvalue weighted by Crippen LogP contribution is -2.53. The number of benzene rings is 1. The summed E-state index contributed by atoms with van der Waals surface area (Å²) in [5, 5.41) is 2.83. The molecule has 0 radical (unpaired) electrons. The molecule has 0 bridgehead atoms. The highest BCUT2D eigenvalue weighted by Gasteiger charge is 2.48. The SMILES string of the molecule is C=CC(=O)N1CCCCC1C1=C2C=NC=C[N+]2(N)C(c2cc(F)ccc2C(=O)Nc2cc(CCC)ccn2)=N1.